The first-order valence-electron chi connectivity index (χ1n) is 8.79. The molecular formula is C18H20ClF3N2O2. The Bertz CT molecular complexity index is 716. The van der Waals surface area contributed by atoms with E-state index in [0.717, 1.165) is 12.8 Å². The molecule has 4 aliphatic carbocycles. The number of aliphatic hydroxyl groups is 1. The van der Waals surface area contributed by atoms with Crippen molar-refractivity contribution in [1.82, 2.24) is 10.3 Å². The second kappa shape index (κ2) is 5.83. The molecule has 0 aliphatic heterocycles. The summed E-state index contributed by atoms with van der Waals surface area (Å²) >= 11 is 6.68. The monoisotopic (exact) mass is 388 g/mol. The Hall–Kier alpha value is -1.34. The fraction of sp³-hybridized carbons (Fsp3) is 0.667. The van der Waals surface area contributed by atoms with Crippen LogP contribution in [0.5, 0.6) is 0 Å². The second-order valence-corrected chi connectivity index (χ2v) is 8.97. The Morgan fingerprint density at radius 3 is 2.73 bits per heavy atom. The van der Waals surface area contributed by atoms with E-state index in [1.165, 1.54) is 12.4 Å². The summed E-state index contributed by atoms with van der Waals surface area (Å²) in [4.78, 5) is 15.2. The summed E-state index contributed by atoms with van der Waals surface area (Å²) in [6.07, 6.45) is 1.16. The summed E-state index contributed by atoms with van der Waals surface area (Å²) in [5.41, 5.74) is -0.704. The van der Waals surface area contributed by atoms with Crippen LogP contribution in [0.3, 0.4) is 0 Å². The summed E-state index contributed by atoms with van der Waals surface area (Å²) in [6.45, 7) is 0. The Morgan fingerprint density at radius 1 is 1.38 bits per heavy atom. The topological polar surface area (TPSA) is 62.2 Å². The van der Waals surface area contributed by atoms with E-state index >= 15 is 0 Å². The number of halogens is 4. The predicted octanol–water partition coefficient (Wildman–Crippen LogP) is 3.35. The molecular weight excluding hydrogens is 369 g/mol. The molecule has 0 saturated heterocycles. The molecule has 6 atom stereocenters. The van der Waals surface area contributed by atoms with Gasteiger partial charge in [0.2, 0.25) is 0 Å². The molecule has 4 bridgehead atoms. The SMILES string of the molecule is O=C(N[C@@H](c1cccnc1)[C@H]1C2CC3C[C@](Cl)(C2)C[C@@]1(O)C3)C(F)(F)F. The molecule has 1 amide bonds. The Morgan fingerprint density at radius 2 is 2.15 bits per heavy atom. The summed E-state index contributed by atoms with van der Waals surface area (Å²) in [5.74, 6) is -2.25. The van der Waals surface area contributed by atoms with Gasteiger partial charge in [0.15, 0.2) is 0 Å². The molecule has 2 N–H and O–H groups in total. The zero-order valence-corrected chi connectivity index (χ0v) is 14.7. The van der Waals surface area contributed by atoms with Crippen molar-refractivity contribution in [3.8, 4) is 0 Å². The number of nitrogens with one attached hydrogen (secondary N) is 1. The molecule has 4 fully saturated rings. The standard InChI is InChI=1S/C18H20ClF3N2O2/c19-16-5-10-4-12(7-16)13(17(26,6-10)9-16)14(11-2-1-3-23-8-11)24-15(25)18(20,21)22/h1-3,8,10,12-14,26H,4-7,9H2,(H,24,25)/t10?,12?,13-,14+,16+,17+/m1/s1. The van der Waals surface area contributed by atoms with Crippen LogP contribution in [0.2, 0.25) is 0 Å². The van der Waals surface area contributed by atoms with E-state index < -0.39 is 34.5 Å². The molecule has 4 aliphatic rings. The molecule has 1 aromatic heterocycles. The Labute approximate surface area is 154 Å². The molecule has 4 saturated carbocycles. The molecule has 2 unspecified atom stereocenters. The molecule has 0 spiro atoms. The van der Waals surface area contributed by atoms with Gasteiger partial charge in [-0.05, 0) is 55.6 Å². The van der Waals surface area contributed by atoms with Crippen molar-refractivity contribution >= 4 is 17.5 Å². The number of alkyl halides is 4. The van der Waals surface area contributed by atoms with Crippen molar-refractivity contribution in [2.24, 2.45) is 17.8 Å². The van der Waals surface area contributed by atoms with Crippen LogP contribution in [-0.4, -0.2) is 32.6 Å². The van der Waals surface area contributed by atoms with Gasteiger partial charge in [0.1, 0.15) is 0 Å². The summed E-state index contributed by atoms with van der Waals surface area (Å²) < 4.78 is 38.7. The highest BCUT2D eigenvalue weighted by molar-refractivity contribution is 6.24. The maximum absolute atomic E-state index is 12.9. The van der Waals surface area contributed by atoms with Crippen molar-refractivity contribution in [2.75, 3.05) is 0 Å². The van der Waals surface area contributed by atoms with Crippen LogP contribution < -0.4 is 5.32 Å². The van der Waals surface area contributed by atoms with Gasteiger partial charge in [-0.1, -0.05) is 6.07 Å². The smallest absolute Gasteiger partial charge is 0.389 e. The number of aromatic nitrogens is 1. The normalized spacial score (nSPS) is 39.7. The van der Waals surface area contributed by atoms with Crippen molar-refractivity contribution in [3.63, 3.8) is 0 Å². The lowest BCUT2D eigenvalue weighted by Crippen LogP contribution is -2.65. The molecule has 4 nitrogen and oxygen atoms in total. The predicted molar refractivity (Wildman–Crippen MR) is 88.3 cm³/mol. The van der Waals surface area contributed by atoms with Crippen LogP contribution in [0.15, 0.2) is 24.5 Å². The van der Waals surface area contributed by atoms with E-state index in [9.17, 15) is 23.1 Å². The molecule has 1 aromatic rings. The minimum atomic E-state index is -4.98. The lowest BCUT2D eigenvalue weighted by Gasteiger charge is -2.63. The van der Waals surface area contributed by atoms with Gasteiger partial charge < -0.3 is 10.4 Å². The number of rotatable bonds is 3. The zero-order valence-electron chi connectivity index (χ0n) is 14.0. The van der Waals surface area contributed by atoms with Gasteiger partial charge in [0.25, 0.3) is 0 Å². The van der Waals surface area contributed by atoms with Crippen molar-refractivity contribution in [2.45, 2.75) is 54.8 Å². The first-order valence-corrected chi connectivity index (χ1v) is 9.16. The van der Waals surface area contributed by atoms with Gasteiger partial charge in [0, 0.05) is 23.2 Å². The number of hydrogen-bond acceptors (Lipinski definition) is 3. The van der Waals surface area contributed by atoms with E-state index in [2.05, 4.69) is 10.3 Å². The van der Waals surface area contributed by atoms with E-state index in [1.807, 2.05) is 0 Å². The van der Waals surface area contributed by atoms with Gasteiger partial charge >= 0.3 is 12.1 Å². The van der Waals surface area contributed by atoms with Crippen LogP contribution in [0.1, 0.15) is 43.7 Å². The quantitative estimate of drug-likeness (QED) is 0.780. The number of amides is 1. The van der Waals surface area contributed by atoms with E-state index in [4.69, 9.17) is 11.6 Å². The van der Waals surface area contributed by atoms with Crippen molar-refractivity contribution < 1.29 is 23.1 Å². The highest BCUT2D eigenvalue weighted by atomic mass is 35.5. The van der Waals surface area contributed by atoms with Gasteiger partial charge in [-0.3, -0.25) is 9.78 Å². The highest BCUT2D eigenvalue weighted by Gasteiger charge is 2.63. The number of nitrogens with zero attached hydrogens (tertiary/aromatic N) is 1. The Balaban J connectivity index is 1.71. The van der Waals surface area contributed by atoms with E-state index in [-0.39, 0.29) is 11.8 Å². The van der Waals surface area contributed by atoms with Crippen molar-refractivity contribution in [3.05, 3.63) is 30.1 Å². The third-order valence-electron chi connectivity index (χ3n) is 6.26. The van der Waals surface area contributed by atoms with Crippen molar-refractivity contribution in [1.29, 1.82) is 0 Å². The third kappa shape index (κ3) is 2.99. The lowest BCUT2D eigenvalue weighted by molar-refractivity contribution is -0.187. The minimum absolute atomic E-state index is 0.0301. The van der Waals surface area contributed by atoms with Crippen LogP contribution in [0, 0.1) is 17.8 Å². The van der Waals surface area contributed by atoms with Gasteiger partial charge in [-0.25, -0.2) is 0 Å². The lowest BCUT2D eigenvalue weighted by atomic mass is 9.47. The first kappa shape index (κ1) is 18.0. The third-order valence-corrected chi connectivity index (χ3v) is 6.70. The minimum Gasteiger partial charge on any atom is -0.389 e. The van der Waals surface area contributed by atoms with Gasteiger partial charge in [0.05, 0.1) is 11.6 Å². The Kier molecular flexibility index (Phi) is 4.04. The fourth-order valence-electron chi connectivity index (χ4n) is 5.80. The molecule has 142 valence electrons. The fourth-order valence-corrected chi connectivity index (χ4v) is 6.45. The first-order chi connectivity index (χ1) is 12.1. The van der Waals surface area contributed by atoms with Crippen LogP contribution in [0.4, 0.5) is 13.2 Å². The number of pyridine rings is 1. The second-order valence-electron chi connectivity index (χ2n) is 8.17. The number of carbonyl (C=O) groups is 1. The maximum Gasteiger partial charge on any atom is 0.471 e. The van der Waals surface area contributed by atoms with Crippen LogP contribution >= 0.6 is 11.6 Å². The van der Waals surface area contributed by atoms with E-state index in [0.29, 0.717) is 24.8 Å². The van der Waals surface area contributed by atoms with Crippen LogP contribution in [-0.2, 0) is 4.79 Å². The molecule has 0 radical (unpaired) electrons. The van der Waals surface area contributed by atoms with Gasteiger partial charge in [-0.2, -0.15) is 13.2 Å². The molecule has 1 heterocycles. The van der Waals surface area contributed by atoms with Gasteiger partial charge in [-0.15, -0.1) is 11.6 Å². The summed E-state index contributed by atoms with van der Waals surface area (Å²) in [5, 5.41) is 13.5. The largest absolute Gasteiger partial charge is 0.471 e. The molecule has 0 aromatic carbocycles. The molecule has 26 heavy (non-hydrogen) atoms. The molecule has 8 heteroatoms. The van der Waals surface area contributed by atoms with E-state index in [1.54, 1.807) is 12.1 Å². The maximum atomic E-state index is 12.9. The molecule has 5 rings (SSSR count). The summed E-state index contributed by atoms with van der Waals surface area (Å²) in [7, 11) is 0. The average Bonchev–Trinajstić information content (AvgIpc) is 2.50. The van der Waals surface area contributed by atoms with Crippen LogP contribution in [0.25, 0.3) is 0 Å². The number of hydrogen-bond donors (Lipinski definition) is 2. The average molecular weight is 389 g/mol. The highest BCUT2D eigenvalue weighted by Crippen LogP contribution is 2.64. The number of carbonyl (C=O) groups excluding carboxylic acids is 1. The summed E-state index contributed by atoms with van der Waals surface area (Å²) in [6, 6.07) is 2.30. The zero-order chi connectivity index (χ0) is 18.7.